The number of thiazole rings is 1. The molecule has 0 saturated heterocycles. The Morgan fingerprint density at radius 1 is 1.50 bits per heavy atom. The van der Waals surface area contributed by atoms with Gasteiger partial charge in [-0.15, -0.1) is 11.3 Å². The fourth-order valence-corrected chi connectivity index (χ4v) is 2.57. The van der Waals surface area contributed by atoms with Gasteiger partial charge in [0.25, 0.3) is 0 Å². The minimum Gasteiger partial charge on any atom is -0.480 e. The molecule has 18 heavy (non-hydrogen) atoms. The number of aliphatic carboxylic acids is 1. The van der Waals surface area contributed by atoms with Crippen molar-refractivity contribution in [2.75, 3.05) is 5.32 Å². The number of hydrogen-bond donors (Lipinski definition) is 3. The van der Waals surface area contributed by atoms with Crippen molar-refractivity contribution in [3.8, 4) is 0 Å². The third-order valence-corrected chi connectivity index (χ3v) is 3.94. The first kappa shape index (κ1) is 13.2. The maximum Gasteiger partial charge on any atom is 0.326 e. The molecule has 0 amide bonds. The van der Waals surface area contributed by atoms with E-state index in [1.165, 1.54) is 11.3 Å². The number of para-hydroxylation sites is 1. The molecule has 1 atom stereocenters. The number of nitrogens with two attached hydrogens (primary N) is 1. The molecular formula is C11H10IN3O2S. The Hall–Kier alpha value is -1.19. The number of carboxylic acid groups (broad SMARTS) is 1. The van der Waals surface area contributed by atoms with Gasteiger partial charge >= 0.3 is 5.97 Å². The minimum atomic E-state index is -1.08. The van der Waals surface area contributed by atoms with Gasteiger partial charge in [-0.05, 0) is 34.7 Å². The fourth-order valence-electron chi connectivity index (χ4n) is 1.29. The summed E-state index contributed by atoms with van der Waals surface area (Å²) in [6.45, 7) is 0. The van der Waals surface area contributed by atoms with Crippen LogP contribution < -0.4 is 11.1 Å². The van der Waals surface area contributed by atoms with Crippen LogP contribution in [0, 0.1) is 3.57 Å². The van der Waals surface area contributed by atoms with Gasteiger partial charge in [-0.3, -0.25) is 4.79 Å². The number of carboxylic acids is 1. The molecule has 5 nitrogen and oxygen atoms in total. The Bertz CT molecular complexity index is 573. The average Bonchev–Trinajstić information content (AvgIpc) is 2.79. The molecule has 0 radical (unpaired) electrons. The van der Waals surface area contributed by atoms with Crippen LogP contribution in [-0.4, -0.2) is 16.1 Å². The molecular weight excluding hydrogens is 365 g/mol. The molecule has 1 unspecified atom stereocenters. The van der Waals surface area contributed by atoms with Crippen LogP contribution >= 0.6 is 33.9 Å². The molecule has 1 aromatic carbocycles. The number of halogens is 1. The lowest BCUT2D eigenvalue weighted by molar-refractivity contribution is -0.138. The Morgan fingerprint density at radius 3 is 2.89 bits per heavy atom. The largest absolute Gasteiger partial charge is 0.480 e. The van der Waals surface area contributed by atoms with Gasteiger partial charge < -0.3 is 16.2 Å². The van der Waals surface area contributed by atoms with Gasteiger partial charge in [0.2, 0.25) is 0 Å². The molecule has 7 heteroatoms. The lowest BCUT2D eigenvalue weighted by atomic mass is 10.2. The number of hydrogen-bond acceptors (Lipinski definition) is 5. The molecule has 0 aliphatic carbocycles. The van der Waals surface area contributed by atoms with E-state index >= 15 is 0 Å². The Balaban J connectivity index is 2.17. The topological polar surface area (TPSA) is 88.2 Å². The molecule has 94 valence electrons. The molecule has 0 saturated carbocycles. The van der Waals surface area contributed by atoms with Crippen LogP contribution in [0.3, 0.4) is 0 Å². The number of carbonyl (C=O) groups is 1. The fraction of sp³-hybridized carbons (Fsp3) is 0.0909. The molecule has 4 N–H and O–H groups in total. The van der Waals surface area contributed by atoms with Crippen molar-refractivity contribution >= 4 is 50.7 Å². The van der Waals surface area contributed by atoms with Crippen LogP contribution in [0.25, 0.3) is 0 Å². The summed E-state index contributed by atoms with van der Waals surface area (Å²) in [7, 11) is 0. The molecule has 0 fully saturated rings. The highest BCUT2D eigenvalue weighted by atomic mass is 127. The van der Waals surface area contributed by atoms with Crippen molar-refractivity contribution in [3.05, 3.63) is 38.9 Å². The van der Waals surface area contributed by atoms with E-state index in [9.17, 15) is 4.79 Å². The van der Waals surface area contributed by atoms with E-state index < -0.39 is 12.0 Å². The van der Waals surface area contributed by atoms with Crippen molar-refractivity contribution in [3.63, 3.8) is 0 Å². The third-order valence-electron chi connectivity index (χ3n) is 2.22. The summed E-state index contributed by atoms with van der Waals surface area (Å²) in [5, 5.41) is 14.2. The lowest BCUT2D eigenvalue weighted by Crippen LogP contribution is -2.20. The van der Waals surface area contributed by atoms with Gasteiger partial charge in [0, 0.05) is 8.95 Å². The van der Waals surface area contributed by atoms with Gasteiger partial charge in [-0.1, -0.05) is 12.1 Å². The van der Waals surface area contributed by atoms with Crippen molar-refractivity contribution in [2.45, 2.75) is 6.04 Å². The zero-order valence-electron chi connectivity index (χ0n) is 9.13. The van der Waals surface area contributed by atoms with Crippen molar-refractivity contribution in [1.82, 2.24) is 4.98 Å². The molecule has 2 aromatic rings. The van der Waals surface area contributed by atoms with Gasteiger partial charge in [0.05, 0.1) is 11.4 Å². The number of rotatable bonds is 4. The van der Waals surface area contributed by atoms with Gasteiger partial charge in [-0.25, -0.2) is 4.98 Å². The van der Waals surface area contributed by atoms with Crippen molar-refractivity contribution < 1.29 is 9.90 Å². The summed E-state index contributed by atoms with van der Waals surface area (Å²) in [6.07, 6.45) is 0. The summed E-state index contributed by atoms with van der Waals surface area (Å²) in [5.41, 5.74) is 6.78. The number of anilines is 2. The summed E-state index contributed by atoms with van der Waals surface area (Å²) in [6, 6.07) is 6.69. The Labute approximate surface area is 121 Å². The zero-order valence-corrected chi connectivity index (χ0v) is 12.1. The van der Waals surface area contributed by atoms with Crippen molar-refractivity contribution in [1.29, 1.82) is 0 Å². The average molecular weight is 375 g/mol. The van der Waals surface area contributed by atoms with E-state index in [4.69, 9.17) is 10.8 Å². The summed E-state index contributed by atoms with van der Waals surface area (Å²) in [4.78, 5) is 14.9. The number of benzene rings is 1. The molecule has 0 aliphatic heterocycles. The second-order valence-corrected chi connectivity index (χ2v) is 5.52. The number of nitrogens with zero attached hydrogens (tertiary/aromatic N) is 1. The van der Waals surface area contributed by atoms with Crippen LogP contribution in [0.15, 0.2) is 29.6 Å². The molecule has 1 heterocycles. The van der Waals surface area contributed by atoms with Gasteiger partial charge in [-0.2, -0.15) is 0 Å². The SMILES string of the molecule is NC(C(=O)O)c1csc(Nc2ccccc2I)n1. The highest BCUT2D eigenvalue weighted by Crippen LogP contribution is 2.26. The quantitative estimate of drug-likeness (QED) is 0.715. The monoisotopic (exact) mass is 375 g/mol. The molecule has 0 bridgehead atoms. The van der Waals surface area contributed by atoms with Crippen LogP contribution in [0.2, 0.25) is 0 Å². The standard InChI is InChI=1S/C11H10IN3O2S/c12-6-3-1-2-4-7(6)14-11-15-8(5-18-11)9(13)10(16)17/h1-5,9H,13H2,(H,14,15)(H,16,17). The first-order valence-corrected chi connectivity index (χ1v) is 6.99. The van der Waals surface area contributed by atoms with Crippen LogP contribution in [0.1, 0.15) is 11.7 Å². The maximum atomic E-state index is 10.7. The number of aromatic nitrogens is 1. The maximum absolute atomic E-state index is 10.7. The van der Waals surface area contributed by atoms with Crippen LogP contribution in [0.4, 0.5) is 10.8 Å². The molecule has 2 rings (SSSR count). The lowest BCUT2D eigenvalue weighted by Gasteiger charge is -2.05. The highest BCUT2D eigenvalue weighted by molar-refractivity contribution is 14.1. The highest BCUT2D eigenvalue weighted by Gasteiger charge is 2.17. The van der Waals surface area contributed by atoms with E-state index in [1.807, 2.05) is 24.3 Å². The van der Waals surface area contributed by atoms with Crippen molar-refractivity contribution in [2.24, 2.45) is 5.73 Å². The molecule has 1 aromatic heterocycles. The van der Waals surface area contributed by atoms with E-state index in [0.717, 1.165) is 9.26 Å². The zero-order chi connectivity index (χ0) is 13.1. The predicted molar refractivity (Wildman–Crippen MR) is 79.1 cm³/mol. The smallest absolute Gasteiger partial charge is 0.326 e. The van der Waals surface area contributed by atoms with Gasteiger partial charge in [0.1, 0.15) is 6.04 Å². The molecule has 0 aliphatic rings. The van der Waals surface area contributed by atoms with Gasteiger partial charge in [0.15, 0.2) is 5.13 Å². The van der Waals surface area contributed by atoms with E-state index in [2.05, 4.69) is 32.9 Å². The normalized spacial score (nSPS) is 12.1. The minimum absolute atomic E-state index is 0.362. The first-order chi connectivity index (χ1) is 8.58. The van der Waals surface area contributed by atoms with E-state index in [1.54, 1.807) is 5.38 Å². The predicted octanol–water partition coefficient (Wildman–Crippen LogP) is 2.58. The third kappa shape index (κ3) is 2.98. The number of nitrogens with one attached hydrogen (secondary N) is 1. The van der Waals surface area contributed by atoms with E-state index in [-0.39, 0.29) is 0 Å². The van der Waals surface area contributed by atoms with E-state index in [0.29, 0.717) is 10.8 Å². The summed E-state index contributed by atoms with van der Waals surface area (Å²) < 4.78 is 1.06. The second kappa shape index (κ2) is 5.63. The summed E-state index contributed by atoms with van der Waals surface area (Å²) in [5.74, 6) is -1.08. The van der Waals surface area contributed by atoms with Crippen LogP contribution in [0.5, 0.6) is 0 Å². The Kier molecular flexibility index (Phi) is 4.15. The van der Waals surface area contributed by atoms with Crippen LogP contribution in [-0.2, 0) is 4.79 Å². The second-order valence-electron chi connectivity index (χ2n) is 3.50. The summed E-state index contributed by atoms with van der Waals surface area (Å²) >= 11 is 3.54. The Morgan fingerprint density at radius 2 is 2.22 bits per heavy atom. The molecule has 0 spiro atoms. The first-order valence-electron chi connectivity index (χ1n) is 5.03.